The minimum Gasteiger partial charge on any atom is -0.478 e. The van der Waals surface area contributed by atoms with Gasteiger partial charge in [-0.2, -0.15) is 0 Å². The molecule has 0 spiro atoms. The highest BCUT2D eigenvalue weighted by Gasteiger charge is 2.13. The molecule has 0 aromatic heterocycles. The van der Waals surface area contributed by atoms with Crippen molar-refractivity contribution in [3.8, 4) is 0 Å². The first-order chi connectivity index (χ1) is 6.72. The Balaban J connectivity index is 2.22. The second kappa shape index (κ2) is 5.39. The largest absolute Gasteiger partial charge is 0.478 e. The van der Waals surface area contributed by atoms with Crippen molar-refractivity contribution >= 4 is 12.4 Å². The highest BCUT2D eigenvalue weighted by atomic mass is 16.4. The number of carbonyl (C=O) groups is 2. The van der Waals surface area contributed by atoms with E-state index in [-0.39, 0.29) is 0 Å². The van der Waals surface area contributed by atoms with Crippen LogP contribution in [-0.4, -0.2) is 60.0 Å². The summed E-state index contributed by atoms with van der Waals surface area (Å²) >= 11 is 0. The number of piperazine rings is 1. The van der Waals surface area contributed by atoms with E-state index in [1.807, 2.05) is 0 Å². The third kappa shape index (κ3) is 3.57. The van der Waals surface area contributed by atoms with Crippen LogP contribution < -0.4 is 0 Å². The molecule has 0 bridgehead atoms. The van der Waals surface area contributed by atoms with Gasteiger partial charge >= 0.3 is 5.97 Å². The Morgan fingerprint density at radius 1 is 1.29 bits per heavy atom. The average Bonchev–Trinajstić information content (AvgIpc) is 2.18. The summed E-state index contributed by atoms with van der Waals surface area (Å²) in [5, 5.41) is 8.36. The Bertz CT molecular complexity index is 232. The van der Waals surface area contributed by atoms with Crippen LogP contribution in [0.25, 0.3) is 0 Å². The molecule has 0 aromatic carbocycles. The summed E-state index contributed by atoms with van der Waals surface area (Å²) in [4.78, 5) is 24.4. The molecule has 0 saturated carbocycles. The van der Waals surface area contributed by atoms with E-state index >= 15 is 0 Å². The van der Waals surface area contributed by atoms with Gasteiger partial charge in [0.25, 0.3) is 0 Å². The minimum absolute atomic E-state index is 0.638. The fraction of sp³-hybridized carbons (Fsp3) is 0.556. The molecule has 0 unspecified atom stereocenters. The molecule has 0 radical (unpaired) electrons. The number of hydrogen-bond donors (Lipinski definition) is 1. The van der Waals surface area contributed by atoms with Crippen LogP contribution in [0.5, 0.6) is 0 Å². The van der Waals surface area contributed by atoms with Crippen molar-refractivity contribution in [2.24, 2.45) is 0 Å². The summed E-state index contributed by atoms with van der Waals surface area (Å²) in [6, 6.07) is 0. The number of rotatable bonds is 4. The van der Waals surface area contributed by atoms with Gasteiger partial charge in [0, 0.05) is 38.8 Å². The summed E-state index contributed by atoms with van der Waals surface area (Å²) in [5.41, 5.74) is 0. The molecule has 1 aliphatic heterocycles. The molecule has 0 aromatic rings. The zero-order chi connectivity index (χ0) is 10.4. The van der Waals surface area contributed by atoms with Crippen molar-refractivity contribution in [3.63, 3.8) is 0 Å². The number of nitrogens with zero attached hydrogens (tertiary/aromatic N) is 2. The smallest absolute Gasteiger partial charge is 0.328 e. The molecular weight excluding hydrogens is 184 g/mol. The number of amides is 1. The van der Waals surface area contributed by atoms with E-state index in [0.29, 0.717) is 6.54 Å². The number of aliphatic carboxylic acids is 1. The topological polar surface area (TPSA) is 60.9 Å². The van der Waals surface area contributed by atoms with Crippen molar-refractivity contribution in [1.82, 2.24) is 9.80 Å². The summed E-state index contributed by atoms with van der Waals surface area (Å²) in [5.74, 6) is -0.920. The van der Waals surface area contributed by atoms with Gasteiger partial charge in [-0.15, -0.1) is 0 Å². The van der Waals surface area contributed by atoms with Crippen molar-refractivity contribution in [2.75, 3.05) is 32.7 Å². The van der Waals surface area contributed by atoms with Crippen LogP contribution in [0.15, 0.2) is 12.2 Å². The van der Waals surface area contributed by atoms with Crippen LogP contribution in [0.3, 0.4) is 0 Å². The molecule has 1 aliphatic rings. The van der Waals surface area contributed by atoms with E-state index < -0.39 is 5.97 Å². The lowest BCUT2D eigenvalue weighted by Crippen LogP contribution is -2.45. The zero-order valence-electron chi connectivity index (χ0n) is 7.93. The Hall–Kier alpha value is -1.36. The number of carboxylic acid groups (broad SMARTS) is 1. The Morgan fingerprint density at radius 3 is 2.43 bits per heavy atom. The van der Waals surface area contributed by atoms with Crippen LogP contribution in [0.1, 0.15) is 0 Å². The Morgan fingerprint density at radius 2 is 1.93 bits per heavy atom. The number of carbonyl (C=O) groups excluding carboxylic acids is 1. The van der Waals surface area contributed by atoms with E-state index in [1.54, 1.807) is 11.0 Å². The van der Waals surface area contributed by atoms with E-state index in [9.17, 15) is 9.59 Å². The first-order valence-corrected chi connectivity index (χ1v) is 4.53. The van der Waals surface area contributed by atoms with Gasteiger partial charge in [-0.3, -0.25) is 9.69 Å². The molecule has 1 saturated heterocycles. The summed E-state index contributed by atoms with van der Waals surface area (Å²) in [7, 11) is 0. The lowest BCUT2D eigenvalue weighted by molar-refractivity contribution is -0.131. The quantitative estimate of drug-likeness (QED) is 0.484. The van der Waals surface area contributed by atoms with Gasteiger partial charge in [0.2, 0.25) is 6.41 Å². The molecule has 1 fully saturated rings. The maximum absolute atomic E-state index is 10.4. The lowest BCUT2D eigenvalue weighted by atomic mass is 10.3. The lowest BCUT2D eigenvalue weighted by Gasteiger charge is -2.31. The van der Waals surface area contributed by atoms with Crippen LogP contribution >= 0.6 is 0 Å². The minimum atomic E-state index is -0.920. The Kier molecular flexibility index (Phi) is 4.12. The molecule has 78 valence electrons. The van der Waals surface area contributed by atoms with Crippen molar-refractivity contribution in [2.45, 2.75) is 0 Å². The second-order valence-electron chi connectivity index (χ2n) is 3.18. The molecule has 5 heteroatoms. The van der Waals surface area contributed by atoms with Gasteiger partial charge in [0.15, 0.2) is 0 Å². The third-order valence-corrected chi connectivity index (χ3v) is 2.18. The van der Waals surface area contributed by atoms with Gasteiger partial charge in [-0.25, -0.2) is 4.79 Å². The third-order valence-electron chi connectivity index (χ3n) is 2.18. The normalized spacial score (nSPS) is 18.7. The van der Waals surface area contributed by atoms with Crippen LogP contribution in [0.4, 0.5) is 0 Å². The second-order valence-corrected chi connectivity index (χ2v) is 3.18. The standard InChI is InChI=1S/C9H14N2O3/c12-8-11-6-4-10(5-7-11)3-1-2-9(13)14/h1-2,8H,3-7H2,(H,13,14)/b2-1+. The van der Waals surface area contributed by atoms with E-state index in [0.717, 1.165) is 38.7 Å². The molecular formula is C9H14N2O3. The molecule has 5 nitrogen and oxygen atoms in total. The van der Waals surface area contributed by atoms with Crippen LogP contribution in [0.2, 0.25) is 0 Å². The Labute approximate surface area is 82.6 Å². The molecule has 1 N–H and O–H groups in total. The monoisotopic (exact) mass is 198 g/mol. The molecule has 0 aliphatic carbocycles. The SMILES string of the molecule is O=CN1CCN(C/C=C/C(=O)O)CC1. The molecule has 1 heterocycles. The predicted molar refractivity (Wildman–Crippen MR) is 50.9 cm³/mol. The predicted octanol–water partition coefficient (Wildman–Crippen LogP) is -0.599. The van der Waals surface area contributed by atoms with E-state index in [2.05, 4.69) is 4.90 Å². The fourth-order valence-corrected chi connectivity index (χ4v) is 1.35. The first kappa shape index (κ1) is 10.7. The van der Waals surface area contributed by atoms with Crippen molar-refractivity contribution in [3.05, 3.63) is 12.2 Å². The van der Waals surface area contributed by atoms with Crippen LogP contribution in [0, 0.1) is 0 Å². The van der Waals surface area contributed by atoms with Crippen molar-refractivity contribution < 1.29 is 14.7 Å². The molecule has 1 rings (SSSR count). The molecule has 14 heavy (non-hydrogen) atoms. The van der Waals surface area contributed by atoms with Gasteiger partial charge in [0.1, 0.15) is 0 Å². The number of hydrogen-bond acceptors (Lipinski definition) is 3. The van der Waals surface area contributed by atoms with E-state index in [4.69, 9.17) is 5.11 Å². The van der Waals surface area contributed by atoms with Gasteiger partial charge in [-0.1, -0.05) is 6.08 Å². The first-order valence-electron chi connectivity index (χ1n) is 4.53. The average molecular weight is 198 g/mol. The van der Waals surface area contributed by atoms with Crippen molar-refractivity contribution in [1.29, 1.82) is 0 Å². The van der Waals surface area contributed by atoms with Crippen LogP contribution in [-0.2, 0) is 9.59 Å². The maximum atomic E-state index is 10.4. The number of carboxylic acids is 1. The maximum Gasteiger partial charge on any atom is 0.328 e. The highest BCUT2D eigenvalue weighted by Crippen LogP contribution is 1.98. The fourth-order valence-electron chi connectivity index (χ4n) is 1.35. The zero-order valence-corrected chi connectivity index (χ0v) is 7.93. The summed E-state index contributed by atoms with van der Waals surface area (Å²) in [6.45, 7) is 3.71. The molecule has 0 atom stereocenters. The van der Waals surface area contributed by atoms with Gasteiger partial charge in [0.05, 0.1) is 0 Å². The molecule has 1 amide bonds. The van der Waals surface area contributed by atoms with Gasteiger partial charge in [-0.05, 0) is 0 Å². The summed E-state index contributed by atoms with van der Waals surface area (Å²) < 4.78 is 0. The highest BCUT2D eigenvalue weighted by molar-refractivity contribution is 5.79. The van der Waals surface area contributed by atoms with Gasteiger partial charge < -0.3 is 10.0 Å². The summed E-state index contributed by atoms with van der Waals surface area (Å²) in [6.07, 6.45) is 3.62. The van der Waals surface area contributed by atoms with E-state index in [1.165, 1.54) is 0 Å².